The minimum Gasteiger partial charge on any atom is -0.309 e. The molecule has 294 valence electrons. The molecule has 0 unspecified atom stereocenters. The lowest BCUT2D eigenvalue weighted by Gasteiger charge is -2.12. The van der Waals surface area contributed by atoms with E-state index in [1.165, 1.54) is 58.4 Å². The van der Waals surface area contributed by atoms with Gasteiger partial charge in [0.2, 0.25) is 0 Å². The van der Waals surface area contributed by atoms with Crippen LogP contribution in [0.25, 0.3) is 120 Å². The molecular formula is C57H35N5S. The van der Waals surface area contributed by atoms with Crippen LogP contribution in [0.5, 0.6) is 0 Å². The summed E-state index contributed by atoms with van der Waals surface area (Å²) in [5, 5.41) is 7.42. The highest BCUT2D eigenvalue weighted by atomic mass is 32.1. The molecular weight excluding hydrogens is 787 g/mol. The number of hydrogen-bond donors (Lipinski definition) is 0. The third-order valence-corrected chi connectivity index (χ3v) is 13.6. The van der Waals surface area contributed by atoms with Gasteiger partial charge >= 0.3 is 0 Å². The highest BCUT2D eigenvalue weighted by Gasteiger charge is 2.21. The van der Waals surface area contributed by atoms with Gasteiger partial charge in [-0.05, 0) is 65.7 Å². The Morgan fingerprint density at radius 2 is 0.794 bits per heavy atom. The van der Waals surface area contributed by atoms with E-state index >= 15 is 0 Å². The Balaban J connectivity index is 1.01. The first-order valence-electron chi connectivity index (χ1n) is 21.2. The summed E-state index contributed by atoms with van der Waals surface area (Å²) in [6.07, 6.45) is 0. The lowest BCUT2D eigenvalue weighted by atomic mass is 10.0. The van der Waals surface area contributed by atoms with E-state index in [2.05, 4.69) is 197 Å². The molecule has 0 saturated carbocycles. The summed E-state index contributed by atoms with van der Waals surface area (Å²) in [7, 11) is 0. The Bertz CT molecular complexity index is 3920. The zero-order valence-corrected chi connectivity index (χ0v) is 34.7. The maximum Gasteiger partial charge on any atom is 0.164 e. The lowest BCUT2D eigenvalue weighted by molar-refractivity contribution is 1.07. The van der Waals surface area contributed by atoms with Crippen molar-refractivity contribution in [3.8, 4) is 56.7 Å². The van der Waals surface area contributed by atoms with Gasteiger partial charge in [0.05, 0.1) is 32.5 Å². The molecule has 0 aliphatic heterocycles. The number of hydrogen-bond acceptors (Lipinski definition) is 4. The van der Waals surface area contributed by atoms with Gasteiger partial charge in [-0.15, -0.1) is 11.3 Å². The van der Waals surface area contributed by atoms with Gasteiger partial charge in [0, 0.05) is 59.4 Å². The van der Waals surface area contributed by atoms with Crippen LogP contribution in [0.2, 0.25) is 0 Å². The SMILES string of the molecule is c1ccc(-c2cccc(-c3nc(-c4ccccc4)nc(-c4cccc(-n5c6ccccc6c6cc7c(cc65)c5ccccc5n7-c5cccc6c5sc5ccccc56)c4)n3)c2)cc1. The number of para-hydroxylation sites is 2. The Morgan fingerprint density at radius 3 is 1.51 bits per heavy atom. The van der Waals surface area contributed by atoms with Crippen molar-refractivity contribution in [3.63, 3.8) is 0 Å². The van der Waals surface area contributed by atoms with Crippen LogP contribution < -0.4 is 0 Å². The largest absolute Gasteiger partial charge is 0.309 e. The van der Waals surface area contributed by atoms with E-state index in [9.17, 15) is 0 Å². The molecule has 0 atom stereocenters. The third kappa shape index (κ3) is 5.73. The highest BCUT2D eigenvalue weighted by molar-refractivity contribution is 7.26. The lowest BCUT2D eigenvalue weighted by Crippen LogP contribution is -2.01. The van der Waals surface area contributed by atoms with E-state index in [1.807, 2.05) is 35.6 Å². The van der Waals surface area contributed by atoms with Crippen LogP contribution in [0.15, 0.2) is 212 Å². The Morgan fingerprint density at radius 1 is 0.302 bits per heavy atom. The number of thiophene rings is 1. The van der Waals surface area contributed by atoms with Crippen LogP contribution in [0.4, 0.5) is 0 Å². The molecule has 0 bridgehead atoms. The summed E-state index contributed by atoms with van der Waals surface area (Å²) in [5.41, 5.74) is 11.9. The fourth-order valence-corrected chi connectivity index (χ4v) is 10.7. The standard InChI is InChI=1S/C57H35N5S/c1-3-16-36(17-4-1)38-20-13-21-39(32-38)56-58-55(37-18-5-2-6-19-37)59-57(60-56)40-22-14-23-41(33-40)61-48-28-10-7-24-42(48)46-35-52-47(34-51(46)61)43-25-8-11-29-49(43)62(52)50-30-15-27-45-44-26-9-12-31-53(44)63-54(45)50/h1-35H. The normalized spacial score (nSPS) is 11.8. The first-order chi connectivity index (χ1) is 31.2. The van der Waals surface area contributed by atoms with Crippen molar-refractivity contribution in [2.75, 3.05) is 0 Å². The van der Waals surface area contributed by atoms with Crippen LogP contribution in [-0.2, 0) is 0 Å². The summed E-state index contributed by atoms with van der Waals surface area (Å²) >= 11 is 1.87. The summed E-state index contributed by atoms with van der Waals surface area (Å²) in [5.74, 6) is 1.88. The second-order valence-electron chi connectivity index (χ2n) is 16.0. The van der Waals surface area contributed by atoms with Crippen LogP contribution in [0.3, 0.4) is 0 Å². The molecule has 9 aromatic carbocycles. The molecule has 5 nitrogen and oxygen atoms in total. The van der Waals surface area contributed by atoms with E-state index in [0.29, 0.717) is 17.5 Å². The molecule has 13 rings (SSSR count). The molecule has 0 fully saturated rings. The topological polar surface area (TPSA) is 48.5 Å². The summed E-state index contributed by atoms with van der Waals surface area (Å²) in [6.45, 7) is 0. The summed E-state index contributed by atoms with van der Waals surface area (Å²) in [6, 6.07) is 75.5. The van der Waals surface area contributed by atoms with Gasteiger partial charge in [-0.3, -0.25) is 0 Å². The smallest absolute Gasteiger partial charge is 0.164 e. The Labute approximate surface area is 366 Å². The van der Waals surface area contributed by atoms with Gasteiger partial charge in [-0.2, -0.15) is 0 Å². The fraction of sp³-hybridized carbons (Fsp3) is 0. The first kappa shape index (κ1) is 35.6. The molecule has 0 aliphatic carbocycles. The average molecular weight is 822 g/mol. The quantitative estimate of drug-likeness (QED) is 0.168. The third-order valence-electron chi connectivity index (χ3n) is 12.3. The first-order valence-corrected chi connectivity index (χ1v) is 22.0. The molecule has 13 aromatic rings. The van der Waals surface area contributed by atoms with Crippen LogP contribution in [0, 0.1) is 0 Å². The molecule has 0 amide bonds. The van der Waals surface area contributed by atoms with E-state index < -0.39 is 0 Å². The summed E-state index contributed by atoms with van der Waals surface area (Å²) < 4.78 is 7.47. The van der Waals surface area contributed by atoms with Crippen molar-refractivity contribution in [3.05, 3.63) is 212 Å². The Kier molecular flexibility index (Phi) is 8.01. The van der Waals surface area contributed by atoms with Gasteiger partial charge in [0.1, 0.15) is 0 Å². The van der Waals surface area contributed by atoms with Crippen molar-refractivity contribution in [1.29, 1.82) is 0 Å². The van der Waals surface area contributed by atoms with Gasteiger partial charge in [-0.25, -0.2) is 15.0 Å². The maximum atomic E-state index is 5.19. The molecule has 0 saturated heterocycles. The van der Waals surface area contributed by atoms with Crippen molar-refractivity contribution < 1.29 is 0 Å². The number of fused-ring (bicyclic) bond motifs is 9. The second kappa shape index (κ2) is 14.2. The maximum absolute atomic E-state index is 5.19. The van der Waals surface area contributed by atoms with E-state index in [-0.39, 0.29) is 0 Å². The molecule has 6 heteroatoms. The number of rotatable bonds is 6. The minimum atomic E-state index is 0.618. The van der Waals surface area contributed by atoms with Gasteiger partial charge < -0.3 is 9.13 Å². The number of benzene rings is 9. The van der Waals surface area contributed by atoms with Crippen molar-refractivity contribution >= 4 is 75.1 Å². The molecule has 0 aliphatic rings. The Hall–Kier alpha value is -8.19. The fourth-order valence-electron chi connectivity index (χ4n) is 9.48. The van der Waals surface area contributed by atoms with Crippen molar-refractivity contribution in [2.24, 2.45) is 0 Å². The molecule has 0 spiro atoms. The van der Waals surface area contributed by atoms with Crippen molar-refractivity contribution in [2.45, 2.75) is 0 Å². The predicted octanol–water partition coefficient (Wildman–Crippen LogP) is 15.1. The van der Waals surface area contributed by atoms with E-state index in [4.69, 9.17) is 15.0 Å². The zero-order chi connectivity index (χ0) is 41.4. The average Bonchev–Trinajstić information content (AvgIpc) is 4.01. The molecule has 0 N–H and O–H groups in total. The van der Waals surface area contributed by atoms with Crippen LogP contribution in [0.1, 0.15) is 0 Å². The summed E-state index contributed by atoms with van der Waals surface area (Å²) in [4.78, 5) is 15.4. The van der Waals surface area contributed by atoms with Gasteiger partial charge in [-0.1, -0.05) is 158 Å². The molecule has 4 heterocycles. The zero-order valence-electron chi connectivity index (χ0n) is 33.9. The molecule has 4 aromatic heterocycles. The second-order valence-corrected chi connectivity index (χ2v) is 17.1. The van der Waals surface area contributed by atoms with Crippen LogP contribution in [-0.4, -0.2) is 24.1 Å². The molecule has 0 radical (unpaired) electrons. The van der Waals surface area contributed by atoms with Gasteiger partial charge in [0.25, 0.3) is 0 Å². The number of aromatic nitrogens is 5. The highest BCUT2D eigenvalue weighted by Crippen LogP contribution is 2.43. The van der Waals surface area contributed by atoms with Crippen molar-refractivity contribution in [1.82, 2.24) is 24.1 Å². The van der Waals surface area contributed by atoms with E-state index in [1.54, 1.807) is 0 Å². The number of nitrogens with zero attached hydrogens (tertiary/aromatic N) is 5. The predicted molar refractivity (Wildman–Crippen MR) is 263 cm³/mol. The van der Waals surface area contributed by atoms with E-state index in [0.717, 1.165) is 44.5 Å². The van der Waals surface area contributed by atoms with Gasteiger partial charge in [0.15, 0.2) is 17.5 Å². The monoisotopic (exact) mass is 821 g/mol. The van der Waals surface area contributed by atoms with Crippen LogP contribution >= 0.6 is 11.3 Å². The minimum absolute atomic E-state index is 0.618. The molecule has 63 heavy (non-hydrogen) atoms.